The van der Waals surface area contributed by atoms with E-state index in [2.05, 4.69) is 12.2 Å². The maximum Gasteiger partial charge on any atom is 0.196 e. The van der Waals surface area contributed by atoms with Crippen LogP contribution in [0.1, 0.15) is 26.2 Å². The molecule has 0 saturated heterocycles. The number of rotatable bonds is 2. The van der Waals surface area contributed by atoms with Gasteiger partial charge in [0.05, 0.1) is 5.69 Å². The van der Waals surface area contributed by atoms with Gasteiger partial charge >= 0.3 is 0 Å². The monoisotopic (exact) mass is 229 g/mol. The van der Waals surface area contributed by atoms with Crippen molar-refractivity contribution >= 4 is 5.69 Å². The van der Waals surface area contributed by atoms with Crippen LogP contribution >= 0.6 is 0 Å². The third-order valence-corrected chi connectivity index (χ3v) is 3.24. The Hall–Kier alpha value is -1.19. The molecule has 1 aromatic carbocycles. The Morgan fingerprint density at radius 3 is 2.50 bits per heavy atom. The number of halogens is 3. The van der Waals surface area contributed by atoms with E-state index in [9.17, 15) is 13.2 Å². The topological polar surface area (TPSA) is 12.0 Å². The van der Waals surface area contributed by atoms with Crippen LogP contribution in [0.4, 0.5) is 18.9 Å². The molecule has 2 unspecified atom stereocenters. The zero-order valence-corrected chi connectivity index (χ0v) is 9.06. The molecule has 88 valence electrons. The zero-order chi connectivity index (χ0) is 11.7. The van der Waals surface area contributed by atoms with Gasteiger partial charge in [0, 0.05) is 6.04 Å². The quantitative estimate of drug-likeness (QED) is 0.762. The first-order valence-corrected chi connectivity index (χ1v) is 5.49. The number of hydrogen-bond acceptors (Lipinski definition) is 1. The standard InChI is InChI=1S/C12H14F3N/c1-7-3-2-4-9(7)16-10-6-5-8(13)11(14)12(10)15/h5-7,9,16H,2-4H2,1H3. The smallest absolute Gasteiger partial charge is 0.196 e. The average molecular weight is 229 g/mol. The summed E-state index contributed by atoms with van der Waals surface area (Å²) in [6, 6.07) is 2.35. The second-order valence-electron chi connectivity index (χ2n) is 4.38. The summed E-state index contributed by atoms with van der Waals surface area (Å²) in [4.78, 5) is 0. The van der Waals surface area contributed by atoms with E-state index in [1.807, 2.05) is 0 Å². The molecule has 0 aromatic heterocycles. The van der Waals surface area contributed by atoms with Crippen LogP contribution < -0.4 is 5.32 Å². The average Bonchev–Trinajstić information content (AvgIpc) is 2.65. The molecule has 0 radical (unpaired) electrons. The van der Waals surface area contributed by atoms with Gasteiger partial charge in [0.2, 0.25) is 0 Å². The highest BCUT2D eigenvalue weighted by atomic mass is 19.2. The lowest BCUT2D eigenvalue weighted by molar-refractivity contribution is 0.447. The van der Waals surface area contributed by atoms with E-state index in [1.54, 1.807) is 0 Å². The molecule has 1 nitrogen and oxygen atoms in total. The molecule has 0 heterocycles. The number of benzene rings is 1. The lowest BCUT2D eigenvalue weighted by Gasteiger charge is -2.19. The second kappa shape index (κ2) is 4.36. The Kier molecular flexibility index (Phi) is 3.08. The molecule has 2 atom stereocenters. The molecule has 16 heavy (non-hydrogen) atoms. The first-order chi connectivity index (χ1) is 7.59. The van der Waals surface area contributed by atoms with Gasteiger partial charge in [-0.3, -0.25) is 0 Å². The largest absolute Gasteiger partial charge is 0.380 e. The molecule has 0 amide bonds. The first kappa shape index (κ1) is 11.3. The zero-order valence-electron chi connectivity index (χ0n) is 9.06. The predicted octanol–water partition coefficient (Wildman–Crippen LogP) is 3.70. The van der Waals surface area contributed by atoms with Crippen molar-refractivity contribution in [3.05, 3.63) is 29.6 Å². The number of nitrogens with one attached hydrogen (secondary N) is 1. The summed E-state index contributed by atoms with van der Waals surface area (Å²) in [7, 11) is 0. The molecular weight excluding hydrogens is 215 g/mol. The fourth-order valence-corrected chi connectivity index (χ4v) is 2.20. The SMILES string of the molecule is CC1CCCC1Nc1ccc(F)c(F)c1F. The maximum atomic E-state index is 13.4. The van der Waals surface area contributed by atoms with Crippen molar-refractivity contribution in [2.24, 2.45) is 5.92 Å². The molecule has 1 aliphatic rings. The molecule has 1 aromatic rings. The van der Waals surface area contributed by atoms with Crippen molar-refractivity contribution in [1.29, 1.82) is 0 Å². The van der Waals surface area contributed by atoms with Crippen molar-refractivity contribution < 1.29 is 13.2 Å². The Balaban J connectivity index is 2.18. The minimum atomic E-state index is -1.41. The molecule has 4 heteroatoms. The third kappa shape index (κ3) is 2.01. The van der Waals surface area contributed by atoms with E-state index in [0.29, 0.717) is 5.92 Å². The van der Waals surface area contributed by atoms with Crippen LogP contribution in [0.3, 0.4) is 0 Å². The summed E-state index contributed by atoms with van der Waals surface area (Å²) < 4.78 is 39.0. The Bertz CT molecular complexity index is 392. The van der Waals surface area contributed by atoms with Crippen molar-refractivity contribution in [2.75, 3.05) is 5.32 Å². The summed E-state index contributed by atoms with van der Waals surface area (Å²) >= 11 is 0. The van der Waals surface area contributed by atoms with Gasteiger partial charge in [0.1, 0.15) is 0 Å². The highest BCUT2D eigenvalue weighted by Gasteiger charge is 2.24. The lowest BCUT2D eigenvalue weighted by Crippen LogP contribution is -2.22. The van der Waals surface area contributed by atoms with E-state index in [0.717, 1.165) is 25.3 Å². The van der Waals surface area contributed by atoms with Crippen LogP contribution in [0, 0.1) is 23.4 Å². The molecule has 1 fully saturated rings. The van der Waals surface area contributed by atoms with Crippen LogP contribution in [-0.2, 0) is 0 Å². The molecule has 0 spiro atoms. The Morgan fingerprint density at radius 1 is 1.12 bits per heavy atom. The number of hydrogen-bond donors (Lipinski definition) is 1. The summed E-state index contributed by atoms with van der Waals surface area (Å²) in [5.74, 6) is -3.25. The molecule has 1 saturated carbocycles. The predicted molar refractivity (Wildman–Crippen MR) is 56.7 cm³/mol. The fraction of sp³-hybridized carbons (Fsp3) is 0.500. The molecule has 0 bridgehead atoms. The lowest BCUT2D eigenvalue weighted by atomic mass is 10.1. The summed E-state index contributed by atoms with van der Waals surface area (Å²) in [6.45, 7) is 2.07. The van der Waals surface area contributed by atoms with E-state index in [-0.39, 0.29) is 11.7 Å². The fourth-order valence-electron chi connectivity index (χ4n) is 2.20. The van der Waals surface area contributed by atoms with Crippen LogP contribution in [-0.4, -0.2) is 6.04 Å². The number of anilines is 1. The van der Waals surface area contributed by atoms with E-state index >= 15 is 0 Å². The van der Waals surface area contributed by atoms with Gasteiger partial charge in [-0.05, 0) is 30.9 Å². The minimum Gasteiger partial charge on any atom is -0.380 e. The Labute approximate surface area is 92.7 Å². The summed E-state index contributed by atoms with van der Waals surface area (Å²) in [6.07, 6.45) is 3.12. The van der Waals surface area contributed by atoms with Gasteiger partial charge in [0.15, 0.2) is 17.5 Å². The van der Waals surface area contributed by atoms with E-state index < -0.39 is 17.5 Å². The third-order valence-electron chi connectivity index (χ3n) is 3.24. The molecule has 2 rings (SSSR count). The summed E-state index contributed by atoms with van der Waals surface area (Å²) in [5.41, 5.74) is 0.0534. The van der Waals surface area contributed by atoms with Gasteiger partial charge < -0.3 is 5.32 Å². The first-order valence-electron chi connectivity index (χ1n) is 5.49. The van der Waals surface area contributed by atoms with Gasteiger partial charge in [0.25, 0.3) is 0 Å². The van der Waals surface area contributed by atoms with Crippen LogP contribution in [0.5, 0.6) is 0 Å². The van der Waals surface area contributed by atoms with Crippen LogP contribution in [0.25, 0.3) is 0 Å². The van der Waals surface area contributed by atoms with Crippen molar-refractivity contribution in [2.45, 2.75) is 32.2 Å². The normalized spacial score (nSPS) is 24.8. The van der Waals surface area contributed by atoms with Crippen molar-refractivity contribution in [3.8, 4) is 0 Å². The molecule has 0 aliphatic heterocycles. The molecular formula is C12H14F3N. The van der Waals surface area contributed by atoms with Crippen LogP contribution in [0.2, 0.25) is 0 Å². The van der Waals surface area contributed by atoms with Gasteiger partial charge in [-0.25, -0.2) is 13.2 Å². The highest BCUT2D eigenvalue weighted by Crippen LogP contribution is 2.29. The van der Waals surface area contributed by atoms with Crippen molar-refractivity contribution in [3.63, 3.8) is 0 Å². The van der Waals surface area contributed by atoms with E-state index in [4.69, 9.17) is 0 Å². The van der Waals surface area contributed by atoms with E-state index in [1.165, 1.54) is 6.07 Å². The van der Waals surface area contributed by atoms with Gasteiger partial charge in [-0.2, -0.15) is 0 Å². The second-order valence-corrected chi connectivity index (χ2v) is 4.38. The highest BCUT2D eigenvalue weighted by molar-refractivity contribution is 5.46. The van der Waals surface area contributed by atoms with Crippen LogP contribution in [0.15, 0.2) is 12.1 Å². The Morgan fingerprint density at radius 2 is 1.88 bits per heavy atom. The molecule has 1 aliphatic carbocycles. The van der Waals surface area contributed by atoms with Crippen molar-refractivity contribution in [1.82, 2.24) is 0 Å². The van der Waals surface area contributed by atoms with Gasteiger partial charge in [-0.15, -0.1) is 0 Å². The maximum absolute atomic E-state index is 13.4. The minimum absolute atomic E-state index is 0.0534. The van der Waals surface area contributed by atoms with Gasteiger partial charge in [-0.1, -0.05) is 13.3 Å². The summed E-state index contributed by atoms with van der Waals surface area (Å²) in [5, 5.41) is 2.95. The molecule has 1 N–H and O–H groups in total.